The van der Waals surface area contributed by atoms with Gasteiger partial charge in [-0.3, -0.25) is 9.69 Å². The lowest BCUT2D eigenvalue weighted by Crippen LogP contribution is -2.45. The fourth-order valence-electron chi connectivity index (χ4n) is 4.13. The molecule has 0 aliphatic carbocycles. The van der Waals surface area contributed by atoms with Crippen LogP contribution in [0.15, 0.2) is 24.3 Å². The van der Waals surface area contributed by atoms with Gasteiger partial charge < -0.3 is 10.1 Å². The molecule has 0 spiro atoms. The number of nitrogens with zero attached hydrogens (tertiary/aromatic N) is 2. The minimum absolute atomic E-state index is 0.0953. The molecule has 140 valence electrons. The summed E-state index contributed by atoms with van der Waals surface area (Å²) < 4.78 is 5.37. The molecule has 0 unspecified atom stereocenters. The molecule has 2 aliphatic heterocycles. The van der Waals surface area contributed by atoms with Crippen molar-refractivity contribution in [1.82, 2.24) is 10.2 Å². The van der Waals surface area contributed by atoms with E-state index in [9.17, 15) is 4.79 Å². The van der Waals surface area contributed by atoms with Crippen LogP contribution in [0.4, 0.5) is 0 Å². The third-order valence-corrected chi connectivity index (χ3v) is 5.68. The fraction of sp³-hybridized carbons (Fsp3) is 0.619. The molecule has 2 atom stereocenters. The lowest BCUT2D eigenvalue weighted by Gasteiger charge is -2.27. The van der Waals surface area contributed by atoms with Crippen LogP contribution in [0.3, 0.4) is 0 Å². The smallest absolute Gasteiger partial charge is 0.223 e. The Balaban J connectivity index is 1.62. The largest absolute Gasteiger partial charge is 0.381 e. The van der Waals surface area contributed by atoms with E-state index in [-0.39, 0.29) is 17.9 Å². The standard InChI is InChI=1S/C21H29N3O2/c1-15(2)19-13-24(12-17-5-3-4-16(10-17)11-22)14-20(19)23-21(25)18-6-8-26-9-7-18/h3-5,10,15,18-20H,6-9,12-14H2,1-2H3,(H,23,25)/t19-,20+/m1/s1. The highest BCUT2D eigenvalue weighted by Gasteiger charge is 2.36. The zero-order valence-electron chi connectivity index (χ0n) is 15.8. The Morgan fingerprint density at radius 3 is 2.81 bits per heavy atom. The van der Waals surface area contributed by atoms with Crippen LogP contribution in [-0.4, -0.2) is 43.2 Å². The van der Waals surface area contributed by atoms with E-state index in [1.807, 2.05) is 18.2 Å². The number of carbonyl (C=O) groups is 1. The number of hydrogen-bond donors (Lipinski definition) is 1. The molecule has 1 aromatic carbocycles. The van der Waals surface area contributed by atoms with E-state index in [2.05, 4.69) is 36.2 Å². The third-order valence-electron chi connectivity index (χ3n) is 5.68. The second kappa shape index (κ2) is 8.66. The van der Waals surface area contributed by atoms with Gasteiger partial charge in [-0.1, -0.05) is 26.0 Å². The highest BCUT2D eigenvalue weighted by Crippen LogP contribution is 2.27. The van der Waals surface area contributed by atoms with Crippen molar-refractivity contribution in [1.29, 1.82) is 5.26 Å². The van der Waals surface area contributed by atoms with Crippen molar-refractivity contribution in [3.8, 4) is 6.07 Å². The van der Waals surface area contributed by atoms with Crippen LogP contribution in [-0.2, 0) is 16.1 Å². The number of amides is 1. The molecule has 1 N–H and O–H groups in total. The lowest BCUT2D eigenvalue weighted by molar-refractivity contribution is -0.128. The van der Waals surface area contributed by atoms with E-state index in [1.54, 1.807) is 0 Å². The van der Waals surface area contributed by atoms with Crippen LogP contribution < -0.4 is 5.32 Å². The maximum absolute atomic E-state index is 12.6. The second-order valence-electron chi connectivity index (χ2n) is 7.92. The average Bonchev–Trinajstić information content (AvgIpc) is 3.05. The van der Waals surface area contributed by atoms with Crippen LogP contribution in [0.2, 0.25) is 0 Å². The second-order valence-corrected chi connectivity index (χ2v) is 7.92. The number of likely N-dealkylation sites (tertiary alicyclic amines) is 1. The molecule has 1 aromatic rings. The molecule has 2 aliphatic rings. The number of benzene rings is 1. The minimum Gasteiger partial charge on any atom is -0.381 e. The summed E-state index contributed by atoms with van der Waals surface area (Å²) in [6, 6.07) is 10.2. The number of ether oxygens (including phenoxy) is 1. The average molecular weight is 355 g/mol. The molecule has 0 radical (unpaired) electrons. The number of nitrogens with one attached hydrogen (secondary N) is 1. The first-order chi connectivity index (χ1) is 12.6. The summed E-state index contributed by atoms with van der Waals surface area (Å²) >= 11 is 0. The topological polar surface area (TPSA) is 65.4 Å². The van der Waals surface area contributed by atoms with Gasteiger partial charge in [0, 0.05) is 44.8 Å². The van der Waals surface area contributed by atoms with Crippen molar-refractivity contribution in [2.45, 2.75) is 39.3 Å². The van der Waals surface area contributed by atoms with Gasteiger partial charge in [0.15, 0.2) is 0 Å². The van der Waals surface area contributed by atoms with Gasteiger partial charge in [0.05, 0.1) is 11.6 Å². The maximum atomic E-state index is 12.6. The molecule has 5 nitrogen and oxygen atoms in total. The molecule has 2 saturated heterocycles. The zero-order valence-corrected chi connectivity index (χ0v) is 15.8. The van der Waals surface area contributed by atoms with Crippen LogP contribution in [0.25, 0.3) is 0 Å². The van der Waals surface area contributed by atoms with E-state index >= 15 is 0 Å². The summed E-state index contributed by atoms with van der Waals surface area (Å²) in [6.07, 6.45) is 1.66. The van der Waals surface area contributed by atoms with Gasteiger partial charge in [-0.25, -0.2) is 0 Å². The predicted molar refractivity (Wildman–Crippen MR) is 100 cm³/mol. The fourth-order valence-corrected chi connectivity index (χ4v) is 4.13. The number of nitriles is 1. The monoisotopic (exact) mass is 355 g/mol. The highest BCUT2D eigenvalue weighted by molar-refractivity contribution is 5.79. The summed E-state index contributed by atoms with van der Waals surface area (Å²) in [4.78, 5) is 15.0. The van der Waals surface area contributed by atoms with Crippen molar-refractivity contribution in [2.75, 3.05) is 26.3 Å². The number of carbonyl (C=O) groups excluding carboxylic acids is 1. The molecule has 2 heterocycles. The summed E-state index contributed by atoms with van der Waals surface area (Å²) in [6.45, 7) is 8.52. The van der Waals surface area contributed by atoms with Crippen LogP contribution >= 0.6 is 0 Å². The van der Waals surface area contributed by atoms with E-state index in [1.165, 1.54) is 0 Å². The Morgan fingerprint density at radius 2 is 2.12 bits per heavy atom. The number of rotatable bonds is 5. The molecule has 5 heteroatoms. The molecule has 26 heavy (non-hydrogen) atoms. The Bertz CT molecular complexity index is 661. The SMILES string of the molecule is CC(C)[C@H]1CN(Cc2cccc(C#N)c2)C[C@@H]1NC(=O)C1CCOCC1. The van der Waals surface area contributed by atoms with Gasteiger partial charge in [0.2, 0.25) is 5.91 Å². The molecular weight excluding hydrogens is 326 g/mol. The van der Waals surface area contributed by atoms with Gasteiger partial charge in [0.25, 0.3) is 0 Å². The molecular formula is C21H29N3O2. The summed E-state index contributed by atoms with van der Waals surface area (Å²) in [7, 11) is 0. The molecule has 0 bridgehead atoms. The Labute approximate surface area is 156 Å². The van der Waals surface area contributed by atoms with Crippen molar-refractivity contribution in [3.63, 3.8) is 0 Å². The van der Waals surface area contributed by atoms with Gasteiger partial charge in [-0.05, 0) is 42.4 Å². The quantitative estimate of drug-likeness (QED) is 0.882. The lowest BCUT2D eigenvalue weighted by atomic mass is 9.90. The van der Waals surface area contributed by atoms with Crippen molar-refractivity contribution in [3.05, 3.63) is 35.4 Å². The Morgan fingerprint density at radius 1 is 1.35 bits per heavy atom. The Kier molecular flexibility index (Phi) is 6.29. The predicted octanol–water partition coefficient (Wildman–Crippen LogP) is 2.56. The highest BCUT2D eigenvalue weighted by atomic mass is 16.5. The first-order valence-corrected chi connectivity index (χ1v) is 9.66. The first-order valence-electron chi connectivity index (χ1n) is 9.66. The molecule has 2 fully saturated rings. The summed E-state index contributed by atoms with van der Waals surface area (Å²) in [5, 5.41) is 12.4. The Hall–Kier alpha value is -1.90. The number of hydrogen-bond acceptors (Lipinski definition) is 4. The molecule has 1 amide bonds. The normalized spacial score (nSPS) is 24.5. The van der Waals surface area contributed by atoms with Crippen molar-refractivity contribution >= 4 is 5.91 Å². The van der Waals surface area contributed by atoms with Gasteiger partial charge in [-0.2, -0.15) is 5.26 Å². The first kappa shape index (κ1) is 18.9. The van der Waals surface area contributed by atoms with Crippen LogP contribution in [0, 0.1) is 29.1 Å². The zero-order chi connectivity index (χ0) is 18.5. The van der Waals surface area contributed by atoms with Gasteiger partial charge >= 0.3 is 0 Å². The third kappa shape index (κ3) is 4.63. The van der Waals surface area contributed by atoms with Crippen molar-refractivity contribution < 1.29 is 9.53 Å². The van der Waals surface area contributed by atoms with E-state index in [0.29, 0.717) is 30.6 Å². The van der Waals surface area contributed by atoms with Crippen LogP contribution in [0.1, 0.15) is 37.8 Å². The molecule has 0 saturated carbocycles. The minimum atomic E-state index is 0.0953. The molecule has 3 rings (SSSR count). The van der Waals surface area contributed by atoms with Gasteiger partial charge in [-0.15, -0.1) is 0 Å². The summed E-state index contributed by atoms with van der Waals surface area (Å²) in [5.74, 6) is 1.26. The van der Waals surface area contributed by atoms with Crippen molar-refractivity contribution in [2.24, 2.45) is 17.8 Å². The van der Waals surface area contributed by atoms with Crippen LogP contribution in [0.5, 0.6) is 0 Å². The molecule has 0 aromatic heterocycles. The van der Waals surface area contributed by atoms with E-state index < -0.39 is 0 Å². The maximum Gasteiger partial charge on any atom is 0.223 e. The van der Waals surface area contributed by atoms with E-state index in [0.717, 1.165) is 38.0 Å². The summed E-state index contributed by atoms with van der Waals surface area (Å²) in [5.41, 5.74) is 1.86. The van der Waals surface area contributed by atoms with E-state index in [4.69, 9.17) is 10.00 Å². The van der Waals surface area contributed by atoms with Gasteiger partial charge in [0.1, 0.15) is 0 Å².